The molecule has 1 aromatic rings. The number of carbonyl (C=O) groups is 1. The van der Waals surface area contributed by atoms with Crippen LogP contribution in [0.1, 0.15) is 18.1 Å². The Labute approximate surface area is 94.2 Å². The van der Waals surface area contributed by atoms with Crippen molar-refractivity contribution in [1.29, 1.82) is 0 Å². The van der Waals surface area contributed by atoms with E-state index in [2.05, 4.69) is 0 Å². The molecule has 1 aromatic carbocycles. The number of halogens is 5. The predicted molar refractivity (Wildman–Crippen MR) is 50.8 cm³/mol. The van der Waals surface area contributed by atoms with Crippen LogP contribution >= 0.6 is 0 Å². The van der Waals surface area contributed by atoms with Crippen LogP contribution in [0.15, 0.2) is 24.3 Å². The summed E-state index contributed by atoms with van der Waals surface area (Å²) < 4.78 is 63.7. The van der Waals surface area contributed by atoms with Crippen LogP contribution in [0, 0.1) is 0 Å². The van der Waals surface area contributed by atoms with Crippen LogP contribution in [0.25, 0.3) is 0 Å². The molecule has 0 amide bonds. The number of carbonyl (C=O) groups excluding carboxylic acids is 1. The fourth-order valence-corrected chi connectivity index (χ4v) is 1.31. The first-order valence-corrected chi connectivity index (χ1v) is 4.68. The topological polar surface area (TPSA) is 17.1 Å². The molecule has 0 spiro atoms. The number of ketones is 1. The van der Waals surface area contributed by atoms with Gasteiger partial charge >= 0.3 is 12.1 Å². The Kier molecular flexibility index (Phi) is 3.54. The Bertz CT molecular complexity index is 422. The van der Waals surface area contributed by atoms with Crippen molar-refractivity contribution in [1.82, 2.24) is 0 Å². The zero-order valence-electron chi connectivity index (χ0n) is 8.81. The molecule has 0 bridgehead atoms. The molecule has 0 atom stereocenters. The molecule has 1 nitrogen and oxygen atoms in total. The van der Waals surface area contributed by atoms with Gasteiger partial charge < -0.3 is 0 Å². The van der Waals surface area contributed by atoms with E-state index >= 15 is 0 Å². The van der Waals surface area contributed by atoms with Crippen molar-refractivity contribution in [3.05, 3.63) is 35.4 Å². The molecule has 0 aromatic heterocycles. The molecule has 0 radical (unpaired) electrons. The maximum atomic E-state index is 13.1. The average Bonchev–Trinajstić information content (AvgIpc) is 2.15. The second-order valence-corrected chi connectivity index (χ2v) is 3.59. The lowest BCUT2D eigenvalue weighted by atomic mass is 9.99. The number of alkyl halides is 5. The minimum atomic E-state index is -4.70. The lowest BCUT2D eigenvalue weighted by Crippen LogP contribution is -2.29. The maximum absolute atomic E-state index is 13.1. The van der Waals surface area contributed by atoms with E-state index in [4.69, 9.17) is 0 Å². The summed E-state index contributed by atoms with van der Waals surface area (Å²) >= 11 is 0. The molecule has 0 saturated heterocycles. The molecular formula is C11H9F5O. The Morgan fingerprint density at radius 2 is 1.65 bits per heavy atom. The van der Waals surface area contributed by atoms with Crippen molar-refractivity contribution in [2.75, 3.05) is 0 Å². The van der Waals surface area contributed by atoms with Crippen molar-refractivity contribution in [2.24, 2.45) is 0 Å². The zero-order chi connectivity index (χ0) is 13.3. The first-order chi connectivity index (χ1) is 7.64. The van der Waals surface area contributed by atoms with Crippen LogP contribution in [-0.4, -0.2) is 11.7 Å². The quantitative estimate of drug-likeness (QED) is 0.753. The SMILES string of the molecule is CC(=O)C(F)(F)Cc1ccccc1C(F)(F)F. The van der Waals surface area contributed by atoms with Crippen LogP contribution in [0.3, 0.4) is 0 Å². The molecule has 94 valence electrons. The van der Waals surface area contributed by atoms with Gasteiger partial charge in [0.2, 0.25) is 0 Å². The van der Waals surface area contributed by atoms with Gasteiger partial charge in [-0.2, -0.15) is 22.0 Å². The van der Waals surface area contributed by atoms with Crippen molar-refractivity contribution in [3.63, 3.8) is 0 Å². The van der Waals surface area contributed by atoms with Crippen LogP contribution in [0.2, 0.25) is 0 Å². The Morgan fingerprint density at radius 1 is 1.12 bits per heavy atom. The van der Waals surface area contributed by atoms with Gasteiger partial charge in [-0.1, -0.05) is 18.2 Å². The van der Waals surface area contributed by atoms with Crippen LogP contribution < -0.4 is 0 Å². The van der Waals surface area contributed by atoms with E-state index < -0.39 is 35.4 Å². The minimum absolute atomic E-state index is 0.583. The summed E-state index contributed by atoms with van der Waals surface area (Å²) in [6, 6.07) is 3.99. The summed E-state index contributed by atoms with van der Waals surface area (Å²) in [7, 11) is 0. The standard InChI is InChI=1S/C11H9F5O/c1-7(17)10(12,13)6-8-4-2-3-5-9(8)11(14,15)16/h2-5H,6H2,1H3. The third-order valence-electron chi connectivity index (χ3n) is 2.25. The van der Waals surface area contributed by atoms with Gasteiger partial charge in [-0.25, -0.2) is 0 Å². The van der Waals surface area contributed by atoms with Gasteiger partial charge in [0.15, 0.2) is 5.78 Å². The van der Waals surface area contributed by atoms with E-state index in [1.807, 2.05) is 0 Å². The summed E-state index contributed by atoms with van der Waals surface area (Å²) in [5, 5.41) is 0. The predicted octanol–water partition coefficient (Wildman–Crippen LogP) is 3.47. The fraction of sp³-hybridized carbons (Fsp3) is 0.364. The summed E-state index contributed by atoms with van der Waals surface area (Å²) in [5.41, 5.74) is -1.72. The third-order valence-corrected chi connectivity index (χ3v) is 2.25. The minimum Gasteiger partial charge on any atom is -0.293 e. The molecular weight excluding hydrogens is 243 g/mol. The highest BCUT2D eigenvalue weighted by Gasteiger charge is 2.39. The number of hydrogen-bond acceptors (Lipinski definition) is 1. The molecule has 0 aliphatic rings. The van der Waals surface area contributed by atoms with Gasteiger partial charge in [0.25, 0.3) is 0 Å². The molecule has 6 heteroatoms. The molecule has 17 heavy (non-hydrogen) atoms. The summed E-state index contributed by atoms with van der Waals surface area (Å²) in [6.07, 6.45) is -5.94. The van der Waals surface area contributed by atoms with E-state index in [-0.39, 0.29) is 0 Å². The van der Waals surface area contributed by atoms with Gasteiger partial charge in [0.1, 0.15) is 0 Å². The second-order valence-electron chi connectivity index (χ2n) is 3.59. The fourth-order valence-electron chi connectivity index (χ4n) is 1.31. The Balaban J connectivity index is 3.12. The van der Waals surface area contributed by atoms with Crippen LogP contribution in [0.5, 0.6) is 0 Å². The number of rotatable bonds is 3. The average molecular weight is 252 g/mol. The lowest BCUT2D eigenvalue weighted by Gasteiger charge is -2.17. The second kappa shape index (κ2) is 4.43. The summed E-state index contributed by atoms with van der Waals surface area (Å²) in [5.74, 6) is -5.23. The molecule has 0 saturated carbocycles. The maximum Gasteiger partial charge on any atom is 0.416 e. The molecule has 1 rings (SSSR count). The molecule has 0 unspecified atom stereocenters. The molecule has 0 aliphatic heterocycles. The van der Waals surface area contributed by atoms with Crippen molar-refractivity contribution < 1.29 is 26.7 Å². The number of Topliss-reactive ketones (excluding diaryl/α,β-unsaturated/α-hetero) is 1. The number of hydrogen-bond donors (Lipinski definition) is 0. The monoisotopic (exact) mass is 252 g/mol. The van der Waals surface area contributed by atoms with E-state index in [0.29, 0.717) is 13.0 Å². The summed E-state index contributed by atoms with van der Waals surface area (Å²) in [4.78, 5) is 10.6. The lowest BCUT2D eigenvalue weighted by molar-refractivity contribution is -0.143. The van der Waals surface area contributed by atoms with E-state index in [1.165, 1.54) is 6.07 Å². The largest absolute Gasteiger partial charge is 0.416 e. The molecule has 0 N–H and O–H groups in total. The Hall–Kier alpha value is -1.46. The highest BCUT2D eigenvalue weighted by atomic mass is 19.4. The first kappa shape index (κ1) is 13.6. The van der Waals surface area contributed by atoms with E-state index in [9.17, 15) is 26.7 Å². The van der Waals surface area contributed by atoms with Crippen LogP contribution in [-0.2, 0) is 17.4 Å². The van der Waals surface area contributed by atoms with Crippen molar-refractivity contribution in [2.45, 2.75) is 25.4 Å². The van der Waals surface area contributed by atoms with Crippen molar-refractivity contribution >= 4 is 5.78 Å². The van der Waals surface area contributed by atoms with Gasteiger partial charge in [-0.05, 0) is 11.6 Å². The van der Waals surface area contributed by atoms with E-state index in [1.54, 1.807) is 0 Å². The summed E-state index contributed by atoms with van der Waals surface area (Å²) in [6.45, 7) is 0.649. The van der Waals surface area contributed by atoms with Gasteiger partial charge in [-0.15, -0.1) is 0 Å². The third kappa shape index (κ3) is 3.25. The van der Waals surface area contributed by atoms with E-state index in [0.717, 1.165) is 12.1 Å². The normalized spacial score (nSPS) is 12.6. The van der Waals surface area contributed by atoms with Crippen molar-refractivity contribution in [3.8, 4) is 0 Å². The molecule has 0 heterocycles. The van der Waals surface area contributed by atoms with Gasteiger partial charge in [-0.3, -0.25) is 4.79 Å². The highest BCUT2D eigenvalue weighted by Crippen LogP contribution is 2.34. The van der Waals surface area contributed by atoms with Gasteiger partial charge in [0.05, 0.1) is 5.56 Å². The van der Waals surface area contributed by atoms with Crippen LogP contribution in [0.4, 0.5) is 22.0 Å². The number of benzene rings is 1. The first-order valence-electron chi connectivity index (χ1n) is 4.68. The molecule has 0 fully saturated rings. The smallest absolute Gasteiger partial charge is 0.293 e. The highest BCUT2D eigenvalue weighted by molar-refractivity contribution is 5.83. The van der Waals surface area contributed by atoms with Gasteiger partial charge in [0, 0.05) is 13.3 Å². The molecule has 0 aliphatic carbocycles. The zero-order valence-corrected chi connectivity index (χ0v) is 8.81. The Morgan fingerprint density at radius 3 is 2.12 bits per heavy atom.